The summed E-state index contributed by atoms with van der Waals surface area (Å²) in [6.07, 6.45) is 2.62. The maximum atomic E-state index is 11.4. The minimum atomic E-state index is -3.21. The van der Waals surface area contributed by atoms with Gasteiger partial charge in [-0.05, 0) is 37.0 Å². The molecular weight excluding hydrogens is 252 g/mol. The van der Waals surface area contributed by atoms with Crippen LogP contribution in [-0.4, -0.2) is 32.4 Å². The van der Waals surface area contributed by atoms with Crippen LogP contribution in [0.5, 0.6) is 0 Å². The maximum absolute atomic E-state index is 11.4. The van der Waals surface area contributed by atoms with Gasteiger partial charge >= 0.3 is 0 Å². The van der Waals surface area contributed by atoms with E-state index in [0.29, 0.717) is 11.6 Å². The van der Waals surface area contributed by atoms with Crippen molar-refractivity contribution in [3.8, 4) is 0 Å². The van der Waals surface area contributed by atoms with Crippen molar-refractivity contribution in [3.63, 3.8) is 0 Å². The number of anilines is 2. The van der Waals surface area contributed by atoms with Gasteiger partial charge in [-0.2, -0.15) is 0 Å². The average molecular weight is 270 g/mol. The van der Waals surface area contributed by atoms with E-state index in [0.717, 1.165) is 31.3 Å². The van der Waals surface area contributed by atoms with Gasteiger partial charge in [0.2, 0.25) is 0 Å². The van der Waals surface area contributed by atoms with Crippen molar-refractivity contribution in [1.29, 1.82) is 0 Å². The Morgan fingerprint density at radius 1 is 1.44 bits per heavy atom. The van der Waals surface area contributed by atoms with Crippen LogP contribution in [0.3, 0.4) is 0 Å². The highest BCUT2D eigenvalue weighted by Crippen LogP contribution is 2.29. The highest BCUT2D eigenvalue weighted by molar-refractivity contribution is 7.90. The Bertz CT molecular complexity index is 536. The first-order valence-corrected chi connectivity index (χ1v) is 7.77. The molecule has 1 aliphatic carbocycles. The topological polar surface area (TPSA) is 92.4 Å². The van der Waals surface area contributed by atoms with Crippen LogP contribution in [0.2, 0.25) is 0 Å². The van der Waals surface area contributed by atoms with E-state index in [1.807, 2.05) is 0 Å². The van der Waals surface area contributed by atoms with E-state index in [1.54, 1.807) is 12.1 Å². The van der Waals surface area contributed by atoms with E-state index in [9.17, 15) is 13.5 Å². The first kappa shape index (κ1) is 13.2. The van der Waals surface area contributed by atoms with E-state index < -0.39 is 9.84 Å². The molecule has 0 atom stereocenters. The zero-order valence-electron chi connectivity index (χ0n) is 10.3. The van der Waals surface area contributed by atoms with Gasteiger partial charge in [0, 0.05) is 12.8 Å². The second-order valence-corrected chi connectivity index (χ2v) is 6.91. The quantitative estimate of drug-likeness (QED) is 0.706. The van der Waals surface area contributed by atoms with Crippen LogP contribution >= 0.6 is 0 Å². The van der Waals surface area contributed by atoms with Crippen LogP contribution in [-0.2, 0) is 9.84 Å². The number of rotatable bonds is 4. The largest absolute Gasteiger partial charge is 0.397 e. The number of nitrogens with one attached hydrogen (secondary N) is 1. The summed E-state index contributed by atoms with van der Waals surface area (Å²) in [7, 11) is -3.21. The lowest BCUT2D eigenvalue weighted by molar-refractivity contribution is 0.0487. The highest BCUT2D eigenvalue weighted by atomic mass is 32.2. The summed E-state index contributed by atoms with van der Waals surface area (Å²) in [5.41, 5.74) is 6.98. The lowest BCUT2D eigenvalue weighted by atomic mass is 9.82. The first-order chi connectivity index (χ1) is 8.36. The van der Waals surface area contributed by atoms with Crippen molar-refractivity contribution in [1.82, 2.24) is 0 Å². The number of sulfone groups is 1. The molecule has 1 aromatic carbocycles. The number of benzene rings is 1. The van der Waals surface area contributed by atoms with Gasteiger partial charge in [0.25, 0.3) is 0 Å². The molecule has 0 amide bonds. The van der Waals surface area contributed by atoms with Gasteiger partial charge in [-0.3, -0.25) is 0 Å². The van der Waals surface area contributed by atoms with Crippen LogP contribution in [0, 0.1) is 5.92 Å². The molecule has 0 bridgehead atoms. The van der Waals surface area contributed by atoms with Crippen LogP contribution in [0.25, 0.3) is 0 Å². The Morgan fingerprint density at radius 3 is 2.61 bits per heavy atom. The molecule has 0 heterocycles. The second kappa shape index (κ2) is 4.78. The van der Waals surface area contributed by atoms with Crippen molar-refractivity contribution in [2.24, 2.45) is 5.92 Å². The van der Waals surface area contributed by atoms with Gasteiger partial charge in [-0.1, -0.05) is 0 Å². The van der Waals surface area contributed by atoms with Crippen molar-refractivity contribution in [2.45, 2.75) is 23.8 Å². The van der Waals surface area contributed by atoms with Crippen LogP contribution < -0.4 is 11.1 Å². The van der Waals surface area contributed by atoms with Crippen molar-refractivity contribution in [2.75, 3.05) is 23.9 Å². The third-order valence-corrected chi connectivity index (χ3v) is 4.35. The Kier molecular flexibility index (Phi) is 3.49. The fourth-order valence-electron chi connectivity index (χ4n) is 2.05. The average Bonchev–Trinajstić information content (AvgIpc) is 2.22. The van der Waals surface area contributed by atoms with Crippen molar-refractivity contribution < 1.29 is 13.5 Å². The molecule has 1 aromatic rings. The monoisotopic (exact) mass is 270 g/mol. The lowest BCUT2D eigenvalue weighted by Crippen LogP contribution is -2.33. The van der Waals surface area contributed by atoms with Gasteiger partial charge in [0.1, 0.15) is 0 Å². The molecule has 0 saturated heterocycles. The van der Waals surface area contributed by atoms with Crippen LogP contribution in [0.4, 0.5) is 11.4 Å². The van der Waals surface area contributed by atoms with Crippen molar-refractivity contribution in [3.05, 3.63) is 18.2 Å². The molecule has 4 N–H and O–H groups in total. The molecule has 0 radical (unpaired) electrons. The molecule has 100 valence electrons. The third kappa shape index (κ3) is 2.94. The third-order valence-electron chi connectivity index (χ3n) is 3.24. The molecule has 0 aliphatic heterocycles. The molecular formula is C12H18N2O3S. The Hall–Kier alpha value is -1.27. The van der Waals surface area contributed by atoms with Gasteiger partial charge in [-0.25, -0.2) is 8.42 Å². The molecule has 18 heavy (non-hydrogen) atoms. The highest BCUT2D eigenvalue weighted by Gasteiger charge is 2.26. The summed E-state index contributed by atoms with van der Waals surface area (Å²) in [4.78, 5) is 0.226. The Morgan fingerprint density at radius 2 is 2.11 bits per heavy atom. The van der Waals surface area contributed by atoms with Crippen LogP contribution in [0.1, 0.15) is 12.8 Å². The number of nitrogens with two attached hydrogens (primary N) is 1. The molecule has 0 spiro atoms. The van der Waals surface area contributed by atoms with E-state index in [4.69, 9.17) is 5.73 Å². The predicted octanol–water partition coefficient (Wildman–Crippen LogP) is 0.855. The Labute approximate surface area is 107 Å². The maximum Gasteiger partial charge on any atom is 0.175 e. The molecule has 0 unspecified atom stereocenters. The minimum Gasteiger partial charge on any atom is -0.397 e. The predicted molar refractivity (Wildman–Crippen MR) is 71.2 cm³/mol. The normalized spacial score (nSPS) is 23.4. The van der Waals surface area contributed by atoms with Gasteiger partial charge in [0.15, 0.2) is 9.84 Å². The zero-order chi connectivity index (χ0) is 13.3. The standard InChI is InChI=1S/C12H18N2O3S/c1-18(16,17)10-2-3-12(11(13)6-10)14-7-8-4-9(15)5-8/h2-3,6,8-9,14-15H,4-5,7,13H2,1H3. The van der Waals surface area contributed by atoms with Gasteiger partial charge < -0.3 is 16.2 Å². The number of aliphatic hydroxyl groups is 1. The molecule has 5 nitrogen and oxygen atoms in total. The molecule has 6 heteroatoms. The number of hydrogen-bond donors (Lipinski definition) is 3. The molecule has 2 rings (SSSR count). The molecule has 1 fully saturated rings. The number of nitrogen functional groups attached to an aromatic ring is 1. The molecule has 0 aromatic heterocycles. The van der Waals surface area contributed by atoms with Gasteiger partial charge in [-0.15, -0.1) is 0 Å². The van der Waals surface area contributed by atoms with Crippen molar-refractivity contribution >= 4 is 21.2 Å². The SMILES string of the molecule is CS(=O)(=O)c1ccc(NCC2CC(O)C2)c(N)c1. The number of hydrogen-bond acceptors (Lipinski definition) is 5. The smallest absolute Gasteiger partial charge is 0.175 e. The van der Waals surface area contributed by atoms with Crippen LogP contribution in [0.15, 0.2) is 23.1 Å². The summed E-state index contributed by atoms with van der Waals surface area (Å²) in [5.74, 6) is 0.467. The number of aliphatic hydroxyl groups excluding tert-OH is 1. The fourth-order valence-corrected chi connectivity index (χ4v) is 2.71. The first-order valence-electron chi connectivity index (χ1n) is 5.88. The fraction of sp³-hybridized carbons (Fsp3) is 0.500. The summed E-state index contributed by atoms with van der Waals surface area (Å²) >= 11 is 0. The van der Waals surface area contributed by atoms with E-state index in [1.165, 1.54) is 6.07 Å². The summed E-state index contributed by atoms with van der Waals surface area (Å²) in [6, 6.07) is 4.69. The minimum absolute atomic E-state index is 0.165. The Balaban J connectivity index is 2.01. The van der Waals surface area contributed by atoms with E-state index >= 15 is 0 Å². The molecule has 1 aliphatic rings. The van der Waals surface area contributed by atoms with E-state index in [-0.39, 0.29) is 11.0 Å². The lowest BCUT2D eigenvalue weighted by Gasteiger charge is -2.31. The second-order valence-electron chi connectivity index (χ2n) is 4.89. The van der Waals surface area contributed by atoms with Gasteiger partial charge in [0.05, 0.1) is 22.4 Å². The van der Waals surface area contributed by atoms with E-state index in [2.05, 4.69) is 5.32 Å². The summed E-state index contributed by atoms with van der Waals surface area (Å²) in [6.45, 7) is 0.749. The molecule has 1 saturated carbocycles. The zero-order valence-corrected chi connectivity index (χ0v) is 11.1. The summed E-state index contributed by atoms with van der Waals surface area (Å²) < 4.78 is 22.7. The summed E-state index contributed by atoms with van der Waals surface area (Å²) in [5, 5.41) is 12.4.